The molecule has 0 bridgehead atoms. The van der Waals surface area contributed by atoms with Gasteiger partial charge in [-0.25, -0.2) is 8.42 Å². The van der Waals surface area contributed by atoms with Crippen molar-refractivity contribution in [2.24, 2.45) is 0 Å². The summed E-state index contributed by atoms with van der Waals surface area (Å²) >= 11 is 0. The molecule has 0 aliphatic rings. The fourth-order valence-electron chi connectivity index (χ4n) is 5.43. The molecule has 12 heteroatoms. The molecule has 49 heavy (non-hydrogen) atoms. The van der Waals surface area contributed by atoms with Gasteiger partial charge in [0.2, 0.25) is 11.8 Å². The van der Waals surface area contributed by atoms with Crippen LogP contribution < -0.4 is 28.6 Å². The van der Waals surface area contributed by atoms with E-state index in [0.29, 0.717) is 18.0 Å². The van der Waals surface area contributed by atoms with Crippen molar-refractivity contribution < 1.29 is 37.0 Å². The maximum absolute atomic E-state index is 14.8. The lowest BCUT2D eigenvalue weighted by atomic mass is 10.0. The highest BCUT2D eigenvalue weighted by atomic mass is 32.2. The van der Waals surface area contributed by atoms with E-state index >= 15 is 0 Å². The number of hydrogen-bond acceptors (Lipinski definition) is 8. The van der Waals surface area contributed by atoms with Crippen molar-refractivity contribution in [3.8, 4) is 23.0 Å². The fraction of sp³-hybridized carbons (Fsp3) is 0.297. The van der Waals surface area contributed by atoms with Crippen molar-refractivity contribution in [2.45, 2.75) is 37.8 Å². The molecule has 0 aliphatic heterocycles. The number of aryl methyl sites for hydroxylation is 1. The molecule has 4 rings (SSSR count). The molecule has 1 atom stereocenters. The van der Waals surface area contributed by atoms with E-state index in [-0.39, 0.29) is 41.0 Å². The Bertz CT molecular complexity index is 1850. The second kappa shape index (κ2) is 16.7. The second-order valence-electron chi connectivity index (χ2n) is 11.1. The van der Waals surface area contributed by atoms with Gasteiger partial charge in [-0.1, -0.05) is 54.6 Å². The lowest BCUT2D eigenvalue weighted by Crippen LogP contribution is -2.53. The minimum atomic E-state index is -4.48. The smallest absolute Gasteiger partial charge is 0.265 e. The number of amides is 2. The summed E-state index contributed by atoms with van der Waals surface area (Å²) in [6.45, 7) is 3.45. The van der Waals surface area contributed by atoms with Crippen molar-refractivity contribution in [1.29, 1.82) is 0 Å². The Kier molecular flexibility index (Phi) is 12.5. The van der Waals surface area contributed by atoms with Crippen LogP contribution in [0.15, 0.2) is 95.9 Å². The molecule has 4 aromatic carbocycles. The molecule has 0 fully saturated rings. The Morgan fingerprint density at radius 2 is 1.43 bits per heavy atom. The minimum absolute atomic E-state index is 0.0552. The predicted octanol–water partition coefficient (Wildman–Crippen LogP) is 5.00. The van der Waals surface area contributed by atoms with Crippen LogP contribution in [-0.2, 0) is 32.6 Å². The van der Waals surface area contributed by atoms with Gasteiger partial charge >= 0.3 is 0 Å². The molecule has 0 radical (unpaired) electrons. The molecule has 0 aromatic heterocycles. The van der Waals surface area contributed by atoms with Crippen molar-refractivity contribution in [2.75, 3.05) is 45.8 Å². The maximum atomic E-state index is 14.8. The van der Waals surface area contributed by atoms with Crippen LogP contribution in [0, 0.1) is 6.92 Å². The van der Waals surface area contributed by atoms with Gasteiger partial charge < -0.3 is 29.2 Å². The molecule has 0 aliphatic carbocycles. The third kappa shape index (κ3) is 8.63. The molecule has 11 nitrogen and oxygen atoms in total. The molecular formula is C37H43N3O8S. The van der Waals surface area contributed by atoms with E-state index in [0.717, 1.165) is 21.0 Å². The van der Waals surface area contributed by atoms with Gasteiger partial charge in [-0.05, 0) is 54.8 Å². The second-order valence-corrected chi connectivity index (χ2v) is 13.0. The number of hydrogen-bond donors (Lipinski definition) is 1. The lowest BCUT2D eigenvalue weighted by Gasteiger charge is -2.34. The number of rotatable bonds is 16. The highest BCUT2D eigenvalue weighted by Gasteiger charge is 2.36. The summed E-state index contributed by atoms with van der Waals surface area (Å²) in [5.41, 5.74) is 2.63. The first-order valence-electron chi connectivity index (χ1n) is 15.7. The molecule has 1 N–H and O–H groups in total. The largest absolute Gasteiger partial charge is 0.497 e. The Balaban J connectivity index is 1.90. The number of benzene rings is 4. The number of ether oxygens (including phenoxy) is 4. The number of anilines is 1. The first-order chi connectivity index (χ1) is 23.6. The lowest BCUT2D eigenvalue weighted by molar-refractivity contribution is -0.140. The van der Waals surface area contributed by atoms with Crippen LogP contribution in [0.3, 0.4) is 0 Å². The van der Waals surface area contributed by atoms with Gasteiger partial charge in [0, 0.05) is 31.6 Å². The van der Waals surface area contributed by atoms with Gasteiger partial charge in [0.15, 0.2) is 11.5 Å². The number of nitrogens with zero attached hydrogens (tertiary/aromatic N) is 2. The Morgan fingerprint density at radius 3 is 2.06 bits per heavy atom. The SMILES string of the molecule is CCNC(=O)C(Cc1ccccc1)N(Cc1ccccc1C)C(=O)CN(c1cc(OC)ccc1OC)S(=O)(=O)c1ccc(OC)c(OC)c1. The number of carbonyl (C=O) groups is 2. The summed E-state index contributed by atoms with van der Waals surface area (Å²) in [4.78, 5) is 29.8. The zero-order chi connectivity index (χ0) is 35.6. The van der Waals surface area contributed by atoms with E-state index < -0.39 is 28.5 Å². The van der Waals surface area contributed by atoms with Crippen molar-refractivity contribution in [3.63, 3.8) is 0 Å². The van der Waals surface area contributed by atoms with Gasteiger partial charge in [0.25, 0.3) is 10.0 Å². The highest BCUT2D eigenvalue weighted by molar-refractivity contribution is 7.92. The van der Waals surface area contributed by atoms with Crippen LogP contribution in [0.2, 0.25) is 0 Å². The zero-order valence-electron chi connectivity index (χ0n) is 28.6. The monoisotopic (exact) mass is 689 g/mol. The summed E-state index contributed by atoms with van der Waals surface area (Å²) < 4.78 is 52.0. The van der Waals surface area contributed by atoms with Crippen LogP contribution in [0.1, 0.15) is 23.6 Å². The Hall–Kier alpha value is -5.23. The van der Waals surface area contributed by atoms with Crippen LogP contribution in [0.5, 0.6) is 23.0 Å². The molecule has 260 valence electrons. The Morgan fingerprint density at radius 1 is 0.776 bits per heavy atom. The summed E-state index contributed by atoms with van der Waals surface area (Å²) in [5, 5.41) is 2.87. The van der Waals surface area contributed by atoms with Gasteiger partial charge in [0.05, 0.1) is 39.0 Å². The zero-order valence-corrected chi connectivity index (χ0v) is 29.5. The molecule has 0 heterocycles. The Labute approximate surface area is 288 Å². The fourth-order valence-corrected chi connectivity index (χ4v) is 6.86. The average molecular weight is 690 g/mol. The van der Waals surface area contributed by atoms with Gasteiger partial charge in [-0.3, -0.25) is 13.9 Å². The van der Waals surface area contributed by atoms with Crippen LogP contribution >= 0.6 is 0 Å². The summed E-state index contributed by atoms with van der Waals surface area (Å²) in [6.07, 6.45) is 0.204. The standard InChI is InChI=1S/C37H43N3O8S/c1-7-38-37(42)32(21-27-14-9-8-10-15-27)39(24-28-16-12-11-13-26(28)2)36(41)25-40(31-22-29(45-3)17-19-33(31)46-4)49(43,44)30-18-20-34(47-5)35(23-30)48-6/h8-20,22-23,32H,7,21,24-25H2,1-6H3,(H,38,42). The molecule has 4 aromatic rings. The molecule has 0 spiro atoms. The summed E-state index contributed by atoms with van der Waals surface area (Å²) in [6, 6.07) is 24.8. The van der Waals surface area contributed by atoms with E-state index in [1.165, 1.54) is 57.6 Å². The predicted molar refractivity (Wildman–Crippen MR) is 188 cm³/mol. The molecule has 2 amide bonds. The van der Waals surface area contributed by atoms with E-state index in [2.05, 4.69) is 5.32 Å². The summed E-state index contributed by atoms with van der Waals surface area (Å²) in [7, 11) is 1.23. The quantitative estimate of drug-likeness (QED) is 0.174. The molecule has 0 saturated heterocycles. The van der Waals surface area contributed by atoms with Gasteiger partial charge in [0.1, 0.15) is 24.1 Å². The number of carbonyl (C=O) groups excluding carboxylic acids is 2. The van der Waals surface area contributed by atoms with E-state index in [1.54, 1.807) is 19.1 Å². The van der Waals surface area contributed by atoms with E-state index in [4.69, 9.17) is 18.9 Å². The first-order valence-corrected chi connectivity index (χ1v) is 17.1. The summed E-state index contributed by atoms with van der Waals surface area (Å²) in [5.74, 6) is 0.0845. The molecule has 0 saturated carbocycles. The van der Waals surface area contributed by atoms with Crippen LogP contribution in [0.4, 0.5) is 5.69 Å². The normalized spacial score (nSPS) is 11.6. The number of methoxy groups -OCH3 is 4. The number of likely N-dealkylation sites (N-methyl/N-ethyl adjacent to an activating group) is 1. The third-order valence-corrected chi connectivity index (χ3v) is 9.86. The topological polar surface area (TPSA) is 124 Å². The van der Waals surface area contributed by atoms with Crippen LogP contribution in [0.25, 0.3) is 0 Å². The maximum Gasteiger partial charge on any atom is 0.265 e. The highest BCUT2D eigenvalue weighted by Crippen LogP contribution is 2.38. The van der Waals surface area contributed by atoms with Crippen LogP contribution in [-0.4, -0.2) is 72.7 Å². The average Bonchev–Trinajstić information content (AvgIpc) is 3.12. The van der Waals surface area contributed by atoms with Crippen molar-refractivity contribution in [3.05, 3.63) is 108 Å². The number of nitrogens with one attached hydrogen (secondary N) is 1. The molecular weight excluding hydrogens is 646 g/mol. The third-order valence-electron chi connectivity index (χ3n) is 8.10. The number of sulfonamides is 1. The molecule has 1 unspecified atom stereocenters. The van der Waals surface area contributed by atoms with Gasteiger partial charge in [-0.2, -0.15) is 0 Å². The van der Waals surface area contributed by atoms with E-state index in [9.17, 15) is 18.0 Å². The van der Waals surface area contributed by atoms with Gasteiger partial charge in [-0.15, -0.1) is 0 Å². The minimum Gasteiger partial charge on any atom is -0.497 e. The van der Waals surface area contributed by atoms with Crippen molar-refractivity contribution >= 4 is 27.5 Å². The van der Waals surface area contributed by atoms with E-state index in [1.807, 2.05) is 61.5 Å². The van der Waals surface area contributed by atoms with Crippen molar-refractivity contribution in [1.82, 2.24) is 10.2 Å². The first kappa shape index (κ1) is 36.6.